The van der Waals surface area contributed by atoms with Crippen LogP contribution >= 0.6 is 0 Å². The van der Waals surface area contributed by atoms with Crippen LogP contribution in [0.5, 0.6) is 0 Å². The molecule has 0 fully saturated rings. The molecule has 0 spiro atoms. The summed E-state index contributed by atoms with van der Waals surface area (Å²) in [6.45, 7) is 8.68. The standard InChI is InChI=1S/C14H24O2/c1-5-11(13(15)16)7-9-12-8-6-10(2)14(12,3)4/h6-7,12-13,15-16H,5,8-9H2,1-4H3. The third-order valence-electron chi connectivity index (χ3n) is 4.15. The summed E-state index contributed by atoms with van der Waals surface area (Å²) in [6.07, 6.45) is 5.76. The molecule has 1 rings (SSSR count). The van der Waals surface area contributed by atoms with Gasteiger partial charge in [0.2, 0.25) is 0 Å². The Balaban J connectivity index is 2.64. The molecule has 0 bridgehead atoms. The number of hydrogen-bond acceptors (Lipinski definition) is 2. The van der Waals surface area contributed by atoms with Crippen LogP contribution in [0, 0.1) is 11.3 Å². The van der Waals surface area contributed by atoms with E-state index < -0.39 is 6.29 Å². The molecule has 0 aromatic heterocycles. The average Bonchev–Trinajstić information content (AvgIpc) is 2.44. The van der Waals surface area contributed by atoms with Gasteiger partial charge in [0.1, 0.15) is 0 Å². The Kier molecular flexibility index (Phi) is 4.34. The van der Waals surface area contributed by atoms with E-state index in [-0.39, 0.29) is 5.41 Å². The topological polar surface area (TPSA) is 40.5 Å². The lowest BCUT2D eigenvalue weighted by atomic mass is 9.76. The summed E-state index contributed by atoms with van der Waals surface area (Å²) >= 11 is 0. The fourth-order valence-corrected chi connectivity index (χ4v) is 2.32. The summed E-state index contributed by atoms with van der Waals surface area (Å²) in [5.41, 5.74) is 2.43. The van der Waals surface area contributed by atoms with Crippen molar-refractivity contribution in [3.05, 3.63) is 23.3 Å². The van der Waals surface area contributed by atoms with E-state index in [1.807, 2.05) is 13.0 Å². The molecule has 1 atom stereocenters. The first-order valence-corrected chi connectivity index (χ1v) is 6.11. The van der Waals surface area contributed by atoms with Gasteiger partial charge in [-0.15, -0.1) is 0 Å². The number of rotatable bonds is 4. The highest BCUT2D eigenvalue weighted by atomic mass is 16.5. The SMILES string of the molecule is CCC(=CCC1CC=C(C)C1(C)C)C(O)O. The van der Waals surface area contributed by atoms with Crippen LogP contribution in [0.4, 0.5) is 0 Å². The summed E-state index contributed by atoms with van der Waals surface area (Å²) in [5, 5.41) is 18.3. The van der Waals surface area contributed by atoms with E-state index in [2.05, 4.69) is 26.8 Å². The smallest absolute Gasteiger partial charge is 0.174 e. The van der Waals surface area contributed by atoms with E-state index in [1.54, 1.807) is 0 Å². The Labute approximate surface area is 98.7 Å². The molecule has 2 N–H and O–H groups in total. The largest absolute Gasteiger partial charge is 0.365 e. The van der Waals surface area contributed by atoms with Gasteiger partial charge in [-0.3, -0.25) is 0 Å². The maximum Gasteiger partial charge on any atom is 0.174 e. The van der Waals surface area contributed by atoms with E-state index in [0.29, 0.717) is 12.3 Å². The summed E-state index contributed by atoms with van der Waals surface area (Å²) in [7, 11) is 0. The second-order valence-corrected chi connectivity index (χ2v) is 5.28. The maximum atomic E-state index is 9.14. The lowest BCUT2D eigenvalue weighted by Crippen LogP contribution is -2.20. The van der Waals surface area contributed by atoms with E-state index in [0.717, 1.165) is 18.4 Å². The Hall–Kier alpha value is -0.600. The zero-order chi connectivity index (χ0) is 12.3. The highest BCUT2D eigenvalue weighted by Gasteiger charge is 2.33. The summed E-state index contributed by atoms with van der Waals surface area (Å²) in [6, 6.07) is 0. The number of aliphatic hydroxyl groups is 2. The fourth-order valence-electron chi connectivity index (χ4n) is 2.32. The molecule has 0 saturated heterocycles. The van der Waals surface area contributed by atoms with Gasteiger partial charge in [-0.2, -0.15) is 0 Å². The van der Waals surface area contributed by atoms with Crippen LogP contribution in [0.1, 0.15) is 47.0 Å². The number of hydrogen-bond donors (Lipinski definition) is 2. The normalized spacial score (nSPS) is 25.1. The quantitative estimate of drug-likeness (QED) is 0.569. The van der Waals surface area contributed by atoms with E-state index >= 15 is 0 Å². The first-order chi connectivity index (χ1) is 7.39. The lowest BCUT2D eigenvalue weighted by molar-refractivity contribution is -0.0102. The average molecular weight is 224 g/mol. The van der Waals surface area contributed by atoms with Crippen molar-refractivity contribution < 1.29 is 10.2 Å². The second kappa shape index (κ2) is 5.15. The van der Waals surface area contributed by atoms with Crippen molar-refractivity contribution in [3.63, 3.8) is 0 Å². The minimum atomic E-state index is -1.29. The highest BCUT2D eigenvalue weighted by molar-refractivity contribution is 5.19. The Morgan fingerprint density at radius 3 is 2.56 bits per heavy atom. The summed E-state index contributed by atoms with van der Waals surface area (Å²) in [5.74, 6) is 0.591. The van der Waals surface area contributed by atoms with Crippen LogP contribution in [0.3, 0.4) is 0 Å². The van der Waals surface area contributed by atoms with Gasteiger partial charge in [-0.1, -0.05) is 38.5 Å². The van der Waals surface area contributed by atoms with Gasteiger partial charge in [0, 0.05) is 0 Å². The minimum Gasteiger partial charge on any atom is -0.365 e. The van der Waals surface area contributed by atoms with Crippen LogP contribution in [0.2, 0.25) is 0 Å². The Bertz CT molecular complexity index is 298. The van der Waals surface area contributed by atoms with Crippen molar-refractivity contribution in [1.29, 1.82) is 0 Å². The van der Waals surface area contributed by atoms with Crippen LogP contribution in [0.15, 0.2) is 23.3 Å². The second-order valence-electron chi connectivity index (χ2n) is 5.28. The van der Waals surface area contributed by atoms with Gasteiger partial charge in [0.15, 0.2) is 6.29 Å². The van der Waals surface area contributed by atoms with Crippen molar-refractivity contribution in [2.45, 2.75) is 53.2 Å². The molecule has 0 amide bonds. The van der Waals surface area contributed by atoms with E-state index in [9.17, 15) is 0 Å². The predicted octanol–water partition coefficient (Wildman–Crippen LogP) is 3.02. The van der Waals surface area contributed by atoms with E-state index in [4.69, 9.17) is 10.2 Å². The van der Waals surface area contributed by atoms with Crippen LogP contribution in [-0.2, 0) is 0 Å². The monoisotopic (exact) mass is 224 g/mol. The van der Waals surface area contributed by atoms with Crippen molar-refractivity contribution in [1.82, 2.24) is 0 Å². The molecule has 1 aliphatic carbocycles. The van der Waals surface area contributed by atoms with Gasteiger partial charge in [-0.05, 0) is 43.1 Å². The van der Waals surface area contributed by atoms with Crippen LogP contribution < -0.4 is 0 Å². The molecule has 1 unspecified atom stereocenters. The van der Waals surface area contributed by atoms with E-state index in [1.165, 1.54) is 5.57 Å². The molecule has 0 radical (unpaired) electrons. The maximum absolute atomic E-state index is 9.14. The number of allylic oxidation sites excluding steroid dienone is 3. The molecular formula is C14H24O2. The molecule has 1 aliphatic rings. The zero-order valence-corrected chi connectivity index (χ0v) is 10.8. The molecule has 2 nitrogen and oxygen atoms in total. The van der Waals surface area contributed by atoms with Gasteiger partial charge in [0.05, 0.1) is 0 Å². The summed E-state index contributed by atoms with van der Waals surface area (Å²) in [4.78, 5) is 0. The molecule has 2 heteroatoms. The van der Waals surface area contributed by atoms with Crippen molar-refractivity contribution in [3.8, 4) is 0 Å². The predicted molar refractivity (Wildman–Crippen MR) is 66.9 cm³/mol. The first kappa shape index (κ1) is 13.5. The van der Waals surface area contributed by atoms with Gasteiger partial charge in [-0.25, -0.2) is 0 Å². The number of aliphatic hydroxyl groups excluding tert-OH is 1. The van der Waals surface area contributed by atoms with Crippen molar-refractivity contribution >= 4 is 0 Å². The third kappa shape index (κ3) is 2.74. The molecule has 0 aliphatic heterocycles. The van der Waals surface area contributed by atoms with Crippen LogP contribution in [-0.4, -0.2) is 16.5 Å². The lowest BCUT2D eigenvalue weighted by Gasteiger charge is -2.29. The Morgan fingerprint density at radius 2 is 2.19 bits per heavy atom. The minimum absolute atomic E-state index is 0.246. The third-order valence-corrected chi connectivity index (χ3v) is 4.15. The Morgan fingerprint density at radius 1 is 1.56 bits per heavy atom. The molecule has 0 aromatic carbocycles. The molecule has 0 saturated carbocycles. The first-order valence-electron chi connectivity index (χ1n) is 6.11. The van der Waals surface area contributed by atoms with Crippen LogP contribution in [0.25, 0.3) is 0 Å². The molecular weight excluding hydrogens is 200 g/mol. The fraction of sp³-hybridized carbons (Fsp3) is 0.714. The van der Waals surface area contributed by atoms with Crippen molar-refractivity contribution in [2.24, 2.45) is 11.3 Å². The highest BCUT2D eigenvalue weighted by Crippen LogP contribution is 2.44. The molecule has 92 valence electrons. The molecule has 0 aromatic rings. The van der Waals surface area contributed by atoms with Gasteiger partial charge >= 0.3 is 0 Å². The van der Waals surface area contributed by atoms with Gasteiger partial charge < -0.3 is 10.2 Å². The van der Waals surface area contributed by atoms with Crippen molar-refractivity contribution in [2.75, 3.05) is 0 Å². The summed E-state index contributed by atoms with van der Waals surface area (Å²) < 4.78 is 0. The van der Waals surface area contributed by atoms with Gasteiger partial charge in [0.25, 0.3) is 0 Å². The molecule has 0 heterocycles. The molecule has 16 heavy (non-hydrogen) atoms. The zero-order valence-electron chi connectivity index (χ0n) is 10.8.